The van der Waals surface area contributed by atoms with Crippen molar-refractivity contribution < 1.29 is 9.59 Å². The van der Waals surface area contributed by atoms with Gasteiger partial charge in [-0.2, -0.15) is 0 Å². The number of halogens is 1. The van der Waals surface area contributed by atoms with Gasteiger partial charge in [0.1, 0.15) is 17.4 Å². The van der Waals surface area contributed by atoms with Crippen LogP contribution in [0.4, 0.5) is 5.69 Å². The van der Waals surface area contributed by atoms with Gasteiger partial charge in [0.2, 0.25) is 5.91 Å². The minimum Gasteiger partial charge on any atom is -0.328 e. The standard InChI is InChI=1S/C17H19ClN4O2/c1-4-22(17(24)13-8-19-9-14(18)20-13)10-15(23)21-16-11(2)6-5-7-12(16)3/h5-9H,4,10H2,1-3H3,(H,21,23). The van der Waals surface area contributed by atoms with Gasteiger partial charge in [-0.05, 0) is 31.9 Å². The maximum Gasteiger partial charge on any atom is 0.274 e. The van der Waals surface area contributed by atoms with Crippen LogP contribution >= 0.6 is 11.6 Å². The smallest absolute Gasteiger partial charge is 0.274 e. The largest absolute Gasteiger partial charge is 0.328 e. The fourth-order valence-electron chi connectivity index (χ4n) is 2.30. The molecule has 0 saturated carbocycles. The lowest BCUT2D eigenvalue weighted by atomic mass is 10.1. The molecule has 0 bridgehead atoms. The monoisotopic (exact) mass is 346 g/mol. The molecule has 2 amide bonds. The zero-order chi connectivity index (χ0) is 17.7. The van der Waals surface area contributed by atoms with Crippen molar-refractivity contribution in [1.29, 1.82) is 0 Å². The molecule has 1 heterocycles. The number of nitrogens with one attached hydrogen (secondary N) is 1. The van der Waals surface area contributed by atoms with Crippen molar-refractivity contribution in [1.82, 2.24) is 14.9 Å². The number of para-hydroxylation sites is 1. The second-order valence-electron chi connectivity index (χ2n) is 5.36. The molecule has 0 aliphatic heterocycles. The number of aryl methyl sites for hydroxylation is 2. The molecule has 2 rings (SSSR count). The predicted octanol–water partition coefficient (Wildman–Crippen LogP) is 2.85. The molecule has 24 heavy (non-hydrogen) atoms. The van der Waals surface area contributed by atoms with Crippen molar-refractivity contribution in [3.63, 3.8) is 0 Å². The Morgan fingerprint density at radius 3 is 2.46 bits per heavy atom. The summed E-state index contributed by atoms with van der Waals surface area (Å²) in [5, 5.41) is 3.00. The molecule has 6 nitrogen and oxygen atoms in total. The van der Waals surface area contributed by atoms with E-state index in [1.165, 1.54) is 17.3 Å². The Labute approximate surface area is 145 Å². The maximum absolute atomic E-state index is 12.4. The van der Waals surface area contributed by atoms with E-state index in [1.54, 1.807) is 6.92 Å². The van der Waals surface area contributed by atoms with E-state index < -0.39 is 0 Å². The number of hydrogen-bond donors (Lipinski definition) is 1. The molecule has 2 aromatic rings. The Morgan fingerprint density at radius 1 is 1.21 bits per heavy atom. The fourth-order valence-corrected chi connectivity index (χ4v) is 2.45. The molecule has 0 aliphatic rings. The first-order chi connectivity index (χ1) is 11.4. The van der Waals surface area contributed by atoms with Gasteiger partial charge in [0, 0.05) is 12.2 Å². The Balaban J connectivity index is 2.09. The number of aromatic nitrogens is 2. The zero-order valence-electron chi connectivity index (χ0n) is 13.8. The van der Waals surface area contributed by atoms with Crippen molar-refractivity contribution in [2.24, 2.45) is 0 Å². The number of nitrogens with zero attached hydrogens (tertiary/aromatic N) is 3. The van der Waals surface area contributed by atoms with Gasteiger partial charge in [-0.1, -0.05) is 29.8 Å². The molecule has 0 spiro atoms. The summed E-state index contributed by atoms with van der Waals surface area (Å²) in [5.41, 5.74) is 2.83. The Kier molecular flexibility index (Phi) is 5.87. The highest BCUT2D eigenvalue weighted by Crippen LogP contribution is 2.19. The molecule has 1 aromatic carbocycles. The van der Waals surface area contributed by atoms with Crippen molar-refractivity contribution in [3.8, 4) is 0 Å². The quantitative estimate of drug-likeness (QED) is 0.903. The summed E-state index contributed by atoms with van der Waals surface area (Å²) in [6, 6.07) is 5.78. The highest BCUT2D eigenvalue weighted by Gasteiger charge is 2.19. The van der Waals surface area contributed by atoms with E-state index in [1.807, 2.05) is 32.0 Å². The summed E-state index contributed by atoms with van der Waals surface area (Å²) >= 11 is 5.76. The third kappa shape index (κ3) is 4.29. The maximum atomic E-state index is 12.4. The zero-order valence-corrected chi connectivity index (χ0v) is 14.6. The van der Waals surface area contributed by atoms with E-state index in [2.05, 4.69) is 15.3 Å². The Morgan fingerprint density at radius 2 is 1.88 bits per heavy atom. The molecule has 0 atom stereocenters. The van der Waals surface area contributed by atoms with Crippen molar-refractivity contribution in [2.45, 2.75) is 20.8 Å². The number of hydrogen-bond acceptors (Lipinski definition) is 4. The average Bonchev–Trinajstić information content (AvgIpc) is 2.55. The topological polar surface area (TPSA) is 75.2 Å². The summed E-state index contributed by atoms with van der Waals surface area (Å²) in [4.78, 5) is 33.9. The second kappa shape index (κ2) is 7.88. The van der Waals surface area contributed by atoms with Crippen LogP contribution in [0.3, 0.4) is 0 Å². The van der Waals surface area contributed by atoms with Crippen LogP contribution in [0.2, 0.25) is 5.15 Å². The van der Waals surface area contributed by atoms with Gasteiger partial charge in [-0.15, -0.1) is 0 Å². The predicted molar refractivity (Wildman–Crippen MR) is 93.2 cm³/mol. The number of carbonyl (C=O) groups is 2. The average molecular weight is 347 g/mol. The molecule has 0 radical (unpaired) electrons. The first kappa shape index (κ1) is 17.9. The van der Waals surface area contributed by atoms with E-state index in [9.17, 15) is 9.59 Å². The van der Waals surface area contributed by atoms with Crippen LogP contribution in [-0.2, 0) is 4.79 Å². The number of carbonyl (C=O) groups excluding carboxylic acids is 2. The molecule has 0 saturated heterocycles. The Hall–Kier alpha value is -2.47. The molecule has 0 aliphatic carbocycles. The summed E-state index contributed by atoms with van der Waals surface area (Å²) < 4.78 is 0. The SMILES string of the molecule is CCN(CC(=O)Nc1c(C)cccc1C)C(=O)c1cncc(Cl)n1. The van der Waals surface area contributed by atoms with E-state index in [4.69, 9.17) is 11.6 Å². The molecule has 7 heteroatoms. The van der Waals surface area contributed by atoms with E-state index >= 15 is 0 Å². The highest BCUT2D eigenvalue weighted by molar-refractivity contribution is 6.29. The van der Waals surface area contributed by atoms with Crippen LogP contribution in [0.15, 0.2) is 30.6 Å². The molecule has 0 fully saturated rings. The third-order valence-electron chi connectivity index (χ3n) is 3.57. The van der Waals surface area contributed by atoms with Crippen molar-refractivity contribution >= 4 is 29.1 Å². The summed E-state index contributed by atoms with van der Waals surface area (Å²) in [6.45, 7) is 5.94. The van der Waals surface area contributed by atoms with Gasteiger partial charge in [0.15, 0.2) is 0 Å². The van der Waals surface area contributed by atoms with E-state index in [0.717, 1.165) is 16.8 Å². The lowest BCUT2D eigenvalue weighted by Crippen LogP contribution is -2.38. The van der Waals surface area contributed by atoms with Crippen LogP contribution in [0.1, 0.15) is 28.5 Å². The second-order valence-corrected chi connectivity index (χ2v) is 5.75. The van der Waals surface area contributed by atoms with Crippen LogP contribution in [-0.4, -0.2) is 39.8 Å². The molecular formula is C17H19ClN4O2. The summed E-state index contributed by atoms with van der Waals surface area (Å²) in [5.74, 6) is -0.651. The normalized spacial score (nSPS) is 10.3. The highest BCUT2D eigenvalue weighted by atomic mass is 35.5. The molecule has 126 valence electrons. The van der Waals surface area contributed by atoms with Crippen LogP contribution in [0.5, 0.6) is 0 Å². The first-order valence-electron chi connectivity index (χ1n) is 7.55. The van der Waals surface area contributed by atoms with Crippen molar-refractivity contribution in [2.75, 3.05) is 18.4 Å². The lowest BCUT2D eigenvalue weighted by molar-refractivity contribution is -0.116. The van der Waals surface area contributed by atoms with Gasteiger partial charge in [-0.25, -0.2) is 4.98 Å². The van der Waals surface area contributed by atoms with Crippen LogP contribution in [0.25, 0.3) is 0 Å². The number of anilines is 1. The van der Waals surface area contributed by atoms with Gasteiger partial charge in [0.25, 0.3) is 5.91 Å². The Bertz CT molecular complexity index is 744. The van der Waals surface area contributed by atoms with Crippen LogP contribution < -0.4 is 5.32 Å². The van der Waals surface area contributed by atoms with E-state index in [-0.39, 0.29) is 29.2 Å². The first-order valence-corrected chi connectivity index (χ1v) is 7.93. The molecule has 1 aromatic heterocycles. The summed E-state index contributed by atoms with van der Waals surface area (Å²) in [7, 11) is 0. The molecular weight excluding hydrogens is 328 g/mol. The van der Waals surface area contributed by atoms with Crippen LogP contribution in [0, 0.1) is 13.8 Å². The minimum atomic E-state index is -0.385. The lowest BCUT2D eigenvalue weighted by Gasteiger charge is -2.20. The summed E-state index contributed by atoms with van der Waals surface area (Å²) in [6.07, 6.45) is 2.68. The number of rotatable bonds is 5. The minimum absolute atomic E-state index is 0.0721. The molecule has 0 unspecified atom stereocenters. The third-order valence-corrected chi connectivity index (χ3v) is 3.76. The van der Waals surface area contributed by atoms with E-state index in [0.29, 0.717) is 6.54 Å². The number of likely N-dealkylation sites (N-methyl/N-ethyl adjacent to an activating group) is 1. The number of amides is 2. The van der Waals surface area contributed by atoms with Crippen molar-refractivity contribution in [3.05, 3.63) is 52.6 Å². The van der Waals surface area contributed by atoms with Gasteiger partial charge in [-0.3, -0.25) is 14.6 Å². The fraction of sp³-hybridized carbons (Fsp3) is 0.294. The van der Waals surface area contributed by atoms with Gasteiger partial charge in [0.05, 0.1) is 12.4 Å². The van der Waals surface area contributed by atoms with Gasteiger partial charge < -0.3 is 10.2 Å². The van der Waals surface area contributed by atoms with Gasteiger partial charge >= 0.3 is 0 Å². The number of benzene rings is 1. The molecule has 1 N–H and O–H groups in total.